The Balaban J connectivity index is 0.000000186. The third-order valence-electron chi connectivity index (χ3n) is 10.5. The number of nitrogens with zero attached hydrogens (tertiary/aromatic N) is 6. The Labute approximate surface area is 394 Å². The van der Waals surface area contributed by atoms with Crippen LogP contribution in [0.15, 0.2) is 81.5 Å². The predicted molar refractivity (Wildman–Crippen MR) is 252 cm³/mol. The molecule has 0 radical (unpaired) electrons. The van der Waals surface area contributed by atoms with Crippen molar-refractivity contribution in [3.8, 4) is 34.3 Å². The number of allylic oxidation sites excluding steroid dienone is 1. The van der Waals surface area contributed by atoms with Crippen LogP contribution in [0.1, 0.15) is 72.2 Å². The molecule has 0 atom stereocenters. The summed E-state index contributed by atoms with van der Waals surface area (Å²) in [5, 5.41) is 22.4. The van der Waals surface area contributed by atoms with E-state index in [4.69, 9.17) is 44.3 Å². The lowest BCUT2D eigenvalue weighted by Gasteiger charge is -2.17. The maximum Gasteiger partial charge on any atom is 0.274 e. The van der Waals surface area contributed by atoms with Crippen molar-refractivity contribution in [1.82, 2.24) is 29.3 Å². The molecule has 6 aromatic rings. The number of phenols is 1. The average molecular weight is 968 g/mol. The van der Waals surface area contributed by atoms with Crippen LogP contribution in [0.5, 0.6) is 17.2 Å². The lowest BCUT2D eigenvalue weighted by molar-refractivity contribution is 0.138. The summed E-state index contributed by atoms with van der Waals surface area (Å²) in [5.74, 6) is -1.53. The molecule has 0 fully saturated rings. The highest BCUT2D eigenvalue weighted by molar-refractivity contribution is 6.33. The summed E-state index contributed by atoms with van der Waals surface area (Å²) in [6.45, 7) is 25.4. The number of ether oxygens (including phenoxy) is 2. The summed E-state index contributed by atoms with van der Waals surface area (Å²) in [4.78, 5) is 37.1. The minimum Gasteiger partial charge on any atom is -0.506 e. The third kappa shape index (κ3) is 10.8. The number of aryl methyl sites for hydroxylation is 3. The number of aromatic nitrogens is 6. The number of halogens is 6. The van der Waals surface area contributed by atoms with Crippen LogP contribution in [-0.4, -0.2) is 46.7 Å². The minimum atomic E-state index is -0.725. The first-order valence-corrected chi connectivity index (χ1v) is 21.4. The molecule has 18 heteroatoms. The molecule has 0 saturated heterocycles. The standard InChI is InChI=1S/3C16H16ClFN2O2/c1-8-7-19-20(15(21)9(8)2)13-10-6-16(3,4)22-14(10)11(17)5-12(13)18;1-9(2)8-22-15-6-14(13(18)5-12(15)17)20-16(21)11(4)10(3)7-19-20;1-8(2)5-11-14(13(18)6-12(17)15(11)21)20-16(22)10(4)9(3)7-19-20/h5,7H,6H2,1-4H3;5-7H,1,8H2,2-4H3;6-7,21H,1,5H2,2-4H3. The molecule has 3 aromatic heterocycles. The number of hydrogen-bond acceptors (Lipinski definition) is 9. The fourth-order valence-electron chi connectivity index (χ4n) is 6.57. The highest BCUT2D eigenvalue weighted by atomic mass is 35.5. The molecule has 0 saturated carbocycles. The molecule has 1 N–H and O–H groups in total. The van der Waals surface area contributed by atoms with Gasteiger partial charge in [0.2, 0.25) is 0 Å². The van der Waals surface area contributed by atoms with E-state index in [2.05, 4.69) is 28.5 Å². The first kappa shape index (κ1) is 50.8. The van der Waals surface area contributed by atoms with Crippen LogP contribution in [0.4, 0.5) is 13.2 Å². The van der Waals surface area contributed by atoms with Gasteiger partial charge in [0.1, 0.15) is 46.5 Å². The number of benzene rings is 3. The van der Waals surface area contributed by atoms with Crippen molar-refractivity contribution in [2.75, 3.05) is 6.61 Å². The molecule has 0 spiro atoms. The van der Waals surface area contributed by atoms with E-state index in [1.807, 2.05) is 13.8 Å². The molecule has 7 rings (SSSR count). The van der Waals surface area contributed by atoms with Crippen molar-refractivity contribution in [2.24, 2.45) is 0 Å². The second kappa shape index (κ2) is 20.1. The predicted octanol–water partition coefficient (Wildman–Crippen LogP) is 10.4. The van der Waals surface area contributed by atoms with E-state index in [9.17, 15) is 32.7 Å². The lowest BCUT2D eigenvalue weighted by atomic mass is 10.00. The van der Waals surface area contributed by atoms with E-state index in [1.54, 1.807) is 61.6 Å². The fraction of sp³-hybridized carbons (Fsp3) is 0.292. The summed E-state index contributed by atoms with van der Waals surface area (Å²) in [6.07, 6.45) is 5.18. The van der Waals surface area contributed by atoms with Crippen molar-refractivity contribution in [3.63, 3.8) is 0 Å². The number of fused-ring (bicyclic) bond motifs is 1. The summed E-state index contributed by atoms with van der Waals surface area (Å²) in [5.41, 5.74) is 4.34. The van der Waals surface area contributed by atoms with Gasteiger partial charge in [0.15, 0.2) is 17.5 Å². The number of aromatic hydroxyl groups is 1. The van der Waals surface area contributed by atoms with Gasteiger partial charge in [-0.15, -0.1) is 0 Å². The van der Waals surface area contributed by atoms with Crippen molar-refractivity contribution < 1.29 is 27.8 Å². The molecule has 66 heavy (non-hydrogen) atoms. The Morgan fingerprint density at radius 2 is 1.17 bits per heavy atom. The summed E-state index contributed by atoms with van der Waals surface area (Å²) >= 11 is 17.9. The molecule has 0 bridgehead atoms. The summed E-state index contributed by atoms with van der Waals surface area (Å²) < 4.78 is 57.4. The zero-order valence-corrected chi connectivity index (χ0v) is 40.3. The average Bonchev–Trinajstić information content (AvgIpc) is 3.57. The van der Waals surface area contributed by atoms with Gasteiger partial charge in [0.05, 0.1) is 33.7 Å². The Bertz CT molecular complexity index is 3130. The highest BCUT2D eigenvalue weighted by Crippen LogP contribution is 2.44. The molecule has 0 unspecified atom stereocenters. The number of phenolic OH excluding ortho intramolecular Hbond substituents is 1. The van der Waals surface area contributed by atoms with E-state index in [1.165, 1.54) is 24.5 Å². The van der Waals surface area contributed by atoms with Gasteiger partial charge in [-0.2, -0.15) is 29.3 Å². The molecule has 348 valence electrons. The maximum absolute atomic E-state index is 14.5. The van der Waals surface area contributed by atoms with Crippen LogP contribution >= 0.6 is 34.8 Å². The van der Waals surface area contributed by atoms with Gasteiger partial charge in [-0.3, -0.25) is 14.4 Å². The first-order valence-electron chi connectivity index (χ1n) is 20.2. The topological polar surface area (TPSA) is 143 Å². The molecule has 4 heterocycles. The van der Waals surface area contributed by atoms with E-state index in [0.29, 0.717) is 45.6 Å². The van der Waals surface area contributed by atoms with Crippen molar-refractivity contribution >= 4 is 34.8 Å². The highest BCUT2D eigenvalue weighted by Gasteiger charge is 2.36. The van der Waals surface area contributed by atoms with Crippen LogP contribution in [0, 0.1) is 59.0 Å². The van der Waals surface area contributed by atoms with Gasteiger partial charge in [-0.1, -0.05) is 53.5 Å². The van der Waals surface area contributed by atoms with E-state index in [-0.39, 0.29) is 73.3 Å². The van der Waals surface area contributed by atoms with Crippen LogP contribution in [0.25, 0.3) is 17.1 Å². The van der Waals surface area contributed by atoms with Gasteiger partial charge in [0.25, 0.3) is 16.7 Å². The molecule has 0 amide bonds. The molecule has 1 aliphatic rings. The molecular formula is C48H48Cl3F3N6O6. The van der Waals surface area contributed by atoms with Crippen LogP contribution in [-0.2, 0) is 12.8 Å². The Hall–Kier alpha value is -6.16. The van der Waals surface area contributed by atoms with Gasteiger partial charge in [-0.05, 0) is 116 Å². The second-order valence-corrected chi connectivity index (χ2v) is 17.9. The van der Waals surface area contributed by atoms with E-state index >= 15 is 0 Å². The number of hydrogen-bond donors (Lipinski definition) is 1. The van der Waals surface area contributed by atoms with Crippen molar-refractivity contribution in [3.05, 3.63) is 175 Å². The normalized spacial score (nSPS) is 12.3. The molecule has 12 nitrogen and oxygen atoms in total. The Kier molecular flexibility index (Phi) is 15.5. The minimum absolute atomic E-state index is 0.00536. The largest absolute Gasteiger partial charge is 0.506 e. The van der Waals surface area contributed by atoms with Crippen LogP contribution in [0.3, 0.4) is 0 Å². The van der Waals surface area contributed by atoms with Gasteiger partial charge >= 0.3 is 0 Å². The third-order valence-corrected chi connectivity index (χ3v) is 11.4. The molecule has 3 aromatic carbocycles. The summed E-state index contributed by atoms with van der Waals surface area (Å²) in [7, 11) is 0. The lowest BCUT2D eigenvalue weighted by Crippen LogP contribution is -2.27. The molecule has 0 aliphatic carbocycles. The van der Waals surface area contributed by atoms with Gasteiger partial charge in [-0.25, -0.2) is 13.2 Å². The quantitative estimate of drug-likeness (QED) is 0.147. The van der Waals surface area contributed by atoms with Crippen LogP contribution in [0.2, 0.25) is 15.1 Å². The first-order chi connectivity index (χ1) is 30.8. The zero-order valence-electron chi connectivity index (χ0n) is 38.0. The monoisotopic (exact) mass is 966 g/mol. The van der Waals surface area contributed by atoms with Crippen molar-refractivity contribution in [2.45, 2.75) is 87.7 Å². The fourth-order valence-corrected chi connectivity index (χ4v) is 7.24. The Morgan fingerprint density at radius 3 is 1.68 bits per heavy atom. The number of rotatable bonds is 8. The molecule has 1 aliphatic heterocycles. The van der Waals surface area contributed by atoms with Crippen LogP contribution < -0.4 is 26.2 Å². The van der Waals surface area contributed by atoms with Gasteiger partial charge < -0.3 is 14.6 Å². The van der Waals surface area contributed by atoms with Crippen molar-refractivity contribution in [1.29, 1.82) is 0 Å². The zero-order chi connectivity index (χ0) is 49.3. The van der Waals surface area contributed by atoms with Gasteiger partial charge in [0, 0.05) is 40.3 Å². The SMILES string of the molecule is C=C(C)COc1cc(-n2ncc(C)c(C)c2=O)c(F)cc1Cl.C=C(C)Cc1c(O)c(Cl)cc(F)c1-n1ncc(C)c(C)c1=O.Cc1cnn(-c2c(F)cc(Cl)c3c2CC(C)(C)O3)c(=O)c1C. The molecular weight excluding hydrogens is 920 g/mol. The smallest absolute Gasteiger partial charge is 0.274 e. The summed E-state index contributed by atoms with van der Waals surface area (Å²) in [6, 6.07) is 4.61. The Morgan fingerprint density at radius 1 is 0.712 bits per heavy atom. The maximum atomic E-state index is 14.5. The van der Waals surface area contributed by atoms with E-state index < -0.39 is 28.6 Å². The van der Waals surface area contributed by atoms with E-state index in [0.717, 1.165) is 42.9 Å². The second-order valence-electron chi connectivity index (χ2n) is 16.7.